The van der Waals surface area contributed by atoms with Crippen LogP contribution in [0.2, 0.25) is 5.02 Å². The number of hydrogen-bond donors (Lipinski definition) is 4. The summed E-state index contributed by atoms with van der Waals surface area (Å²) in [6.45, 7) is 0. The molecule has 2 rings (SSSR count). The number of benzene rings is 2. The fraction of sp³-hybridized carbons (Fsp3) is 0.0667. The van der Waals surface area contributed by atoms with Gasteiger partial charge in [-0.05, 0) is 40.2 Å². The molecule has 0 atom stereocenters. The van der Waals surface area contributed by atoms with Crippen LogP contribution in [-0.4, -0.2) is 34.6 Å². The van der Waals surface area contributed by atoms with Crippen LogP contribution in [0.4, 0.5) is 0 Å². The van der Waals surface area contributed by atoms with Crippen LogP contribution in [0.1, 0.15) is 15.9 Å². The third-order valence-electron chi connectivity index (χ3n) is 2.96. The van der Waals surface area contributed by atoms with Gasteiger partial charge in [-0.25, -0.2) is 5.43 Å². The van der Waals surface area contributed by atoms with Gasteiger partial charge >= 0.3 is 0 Å². The summed E-state index contributed by atoms with van der Waals surface area (Å²) in [4.78, 5) is 12.0. The molecule has 0 saturated carbocycles. The summed E-state index contributed by atoms with van der Waals surface area (Å²) in [7, 11) is 1.29. The second kappa shape index (κ2) is 7.41. The van der Waals surface area contributed by atoms with Gasteiger partial charge in [0.05, 0.1) is 17.8 Å². The average molecular weight is 416 g/mol. The maximum absolute atomic E-state index is 12.0. The van der Waals surface area contributed by atoms with Crippen LogP contribution in [0.25, 0.3) is 0 Å². The largest absolute Gasteiger partial charge is 0.506 e. The quantitative estimate of drug-likeness (QED) is 0.348. The summed E-state index contributed by atoms with van der Waals surface area (Å²) in [6.07, 6.45) is 1.21. The smallest absolute Gasteiger partial charge is 0.271 e. The topological polar surface area (TPSA) is 111 Å². The standard InChI is InChI=1S/C15H12BrClN2O5/c1-24-12-4-7(3-11(20)14(12)22)15(23)19-18-6-8-2-9(17)5-10(16)13(8)21/h2-6,20-22H,1H3,(H,19,23). The first kappa shape index (κ1) is 17.9. The predicted octanol–water partition coefficient (Wildman–Crippen LogP) is 2.99. The van der Waals surface area contributed by atoms with Crippen molar-refractivity contribution in [1.29, 1.82) is 0 Å². The summed E-state index contributed by atoms with van der Waals surface area (Å²) >= 11 is 9.01. The minimum absolute atomic E-state index is 0.0239. The van der Waals surface area contributed by atoms with Gasteiger partial charge in [0.25, 0.3) is 5.91 Å². The van der Waals surface area contributed by atoms with Crippen molar-refractivity contribution in [2.75, 3.05) is 7.11 Å². The lowest BCUT2D eigenvalue weighted by atomic mass is 10.1. The fourth-order valence-electron chi connectivity index (χ4n) is 1.79. The van der Waals surface area contributed by atoms with Gasteiger partial charge in [0.2, 0.25) is 5.75 Å². The Balaban J connectivity index is 2.18. The molecule has 0 saturated heterocycles. The number of aromatic hydroxyl groups is 3. The molecule has 0 spiro atoms. The number of rotatable bonds is 4. The predicted molar refractivity (Wildman–Crippen MR) is 92.2 cm³/mol. The highest BCUT2D eigenvalue weighted by Gasteiger charge is 2.14. The van der Waals surface area contributed by atoms with E-state index in [1.54, 1.807) is 0 Å². The number of carbonyl (C=O) groups is 1. The van der Waals surface area contributed by atoms with Gasteiger partial charge in [-0.3, -0.25) is 4.79 Å². The molecule has 2 aromatic rings. The van der Waals surface area contributed by atoms with Crippen molar-refractivity contribution < 1.29 is 24.9 Å². The molecule has 0 aliphatic heterocycles. The van der Waals surface area contributed by atoms with E-state index in [2.05, 4.69) is 26.5 Å². The van der Waals surface area contributed by atoms with Crippen LogP contribution in [0.3, 0.4) is 0 Å². The van der Waals surface area contributed by atoms with Crippen LogP contribution in [0.15, 0.2) is 33.8 Å². The molecule has 1 amide bonds. The van der Waals surface area contributed by atoms with Crippen LogP contribution >= 0.6 is 27.5 Å². The number of phenols is 3. The maximum Gasteiger partial charge on any atom is 0.271 e. The first-order chi connectivity index (χ1) is 11.3. The summed E-state index contributed by atoms with van der Waals surface area (Å²) in [5, 5.41) is 33.0. The van der Waals surface area contributed by atoms with Crippen molar-refractivity contribution in [3.63, 3.8) is 0 Å². The van der Waals surface area contributed by atoms with E-state index in [0.717, 1.165) is 6.07 Å². The van der Waals surface area contributed by atoms with Crippen LogP contribution in [0, 0.1) is 0 Å². The Kier molecular flexibility index (Phi) is 5.53. The molecule has 126 valence electrons. The number of nitrogens with one attached hydrogen (secondary N) is 1. The van der Waals surface area contributed by atoms with Gasteiger partial charge in [0, 0.05) is 16.1 Å². The highest BCUT2D eigenvalue weighted by Crippen LogP contribution is 2.36. The average Bonchev–Trinajstić information content (AvgIpc) is 2.54. The molecule has 0 radical (unpaired) electrons. The molecule has 2 aromatic carbocycles. The number of nitrogens with zero attached hydrogens (tertiary/aromatic N) is 1. The number of hydrazone groups is 1. The molecule has 0 fully saturated rings. The Hall–Kier alpha value is -2.45. The van der Waals surface area contributed by atoms with Crippen LogP contribution in [0.5, 0.6) is 23.0 Å². The minimum Gasteiger partial charge on any atom is -0.506 e. The monoisotopic (exact) mass is 414 g/mol. The lowest BCUT2D eigenvalue weighted by molar-refractivity contribution is 0.0954. The first-order valence-corrected chi connectivity index (χ1v) is 7.62. The summed E-state index contributed by atoms with van der Waals surface area (Å²) < 4.78 is 5.24. The molecular formula is C15H12BrClN2O5. The molecule has 0 aliphatic carbocycles. The van der Waals surface area contributed by atoms with Crippen molar-refractivity contribution >= 4 is 39.7 Å². The molecule has 0 aliphatic rings. The van der Waals surface area contributed by atoms with Crippen molar-refractivity contribution in [2.45, 2.75) is 0 Å². The molecule has 7 nitrogen and oxygen atoms in total. The van der Waals surface area contributed by atoms with Gasteiger partial charge in [-0.15, -0.1) is 0 Å². The van der Waals surface area contributed by atoms with Crippen LogP contribution in [-0.2, 0) is 0 Å². The molecule has 0 aromatic heterocycles. The Bertz CT molecular complexity index is 826. The molecule has 0 unspecified atom stereocenters. The van der Waals surface area contributed by atoms with Gasteiger partial charge in [-0.2, -0.15) is 5.10 Å². The number of amides is 1. The van der Waals surface area contributed by atoms with E-state index in [1.165, 1.54) is 31.5 Å². The first-order valence-electron chi connectivity index (χ1n) is 6.45. The molecule has 9 heteroatoms. The lowest BCUT2D eigenvalue weighted by Gasteiger charge is -2.07. The summed E-state index contributed by atoms with van der Waals surface area (Å²) in [6, 6.07) is 5.29. The van der Waals surface area contributed by atoms with Crippen LogP contribution < -0.4 is 10.2 Å². The maximum atomic E-state index is 12.0. The third kappa shape index (κ3) is 3.90. The number of phenolic OH excluding ortho intramolecular Hbond substituents is 3. The Labute approximate surface area is 150 Å². The molecule has 24 heavy (non-hydrogen) atoms. The second-order valence-electron chi connectivity index (χ2n) is 4.57. The highest BCUT2D eigenvalue weighted by molar-refractivity contribution is 9.10. The van der Waals surface area contributed by atoms with Crippen molar-refractivity contribution in [3.8, 4) is 23.0 Å². The van der Waals surface area contributed by atoms with E-state index in [1.807, 2.05) is 0 Å². The number of halogens is 2. The minimum atomic E-state index is -0.652. The molecule has 0 heterocycles. The summed E-state index contributed by atoms with van der Waals surface area (Å²) in [5.74, 6) is -1.76. The van der Waals surface area contributed by atoms with Crippen molar-refractivity contribution in [1.82, 2.24) is 5.43 Å². The Morgan fingerprint density at radius 1 is 1.25 bits per heavy atom. The SMILES string of the molecule is COc1cc(C(=O)NN=Cc2cc(Cl)cc(Br)c2O)cc(O)c1O. The van der Waals surface area contributed by atoms with Crippen molar-refractivity contribution in [3.05, 3.63) is 44.9 Å². The number of hydrogen-bond acceptors (Lipinski definition) is 6. The normalized spacial score (nSPS) is 10.8. The van der Waals surface area contributed by atoms with E-state index < -0.39 is 17.4 Å². The zero-order valence-corrected chi connectivity index (χ0v) is 14.6. The molecule has 4 N–H and O–H groups in total. The Morgan fingerprint density at radius 3 is 2.62 bits per heavy atom. The third-order valence-corrected chi connectivity index (χ3v) is 3.79. The lowest BCUT2D eigenvalue weighted by Crippen LogP contribution is -2.17. The second-order valence-corrected chi connectivity index (χ2v) is 5.86. The van der Waals surface area contributed by atoms with Gasteiger partial charge < -0.3 is 20.1 Å². The van der Waals surface area contributed by atoms with Crippen molar-refractivity contribution in [2.24, 2.45) is 5.10 Å². The van der Waals surface area contributed by atoms with E-state index >= 15 is 0 Å². The van der Waals surface area contributed by atoms with Gasteiger partial charge in [0.1, 0.15) is 5.75 Å². The van der Waals surface area contributed by atoms with Gasteiger partial charge in [0.15, 0.2) is 11.5 Å². The molecular weight excluding hydrogens is 404 g/mol. The van der Waals surface area contributed by atoms with E-state index in [-0.39, 0.29) is 17.1 Å². The Morgan fingerprint density at radius 2 is 1.96 bits per heavy atom. The summed E-state index contributed by atoms with van der Waals surface area (Å²) in [5.41, 5.74) is 2.54. The fourth-order valence-corrected chi connectivity index (χ4v) is 2.62. The number of ether oxygens (including phenoxy) is 1. The van der Waals surface area contributed by atoms with E-state index in [4.69, 9.17) is 16.3 Å². The number of carbonyl (C=O) groups excluding carboxylic acids is 1. The highest BCUT2D eigenvalue weighted by atomic mass is 79.9. The number of methoxy groups -OCH3 is 1. The molecule has 0 bridgehead atoms. The van der Waals surface area contributed by atoms with Gasteiger partial charge in [-0.1, -0.05) is 11.6 Å². The van der Waals surface area contributed by atoms with E-state index in [9.17, 15) is 20.1 Å². The zero-order valence-electron chi connectivity index (χ0n) is 12.2. The van der Waals surface area contributed by atoms with E-state index in [0.29, 0.717) is 15.1 Å². The zero-order chi connectivity index (χ0) is 17.9.